The van der Waals surface area contributed by atoms with Crippen LogP contribution in [0.3, 0.4) is 0 Å². The third kappa shape index (κ3) is 3.43. The Morgan fingerprint density at radius 2 is 1.86 bits per heavy atom. The number of aromatic nitrogens is 2. The number of hydrogen-bond donors (Lipinski definition) is 1. The van der Waals surface area contributed by atoms with Crippen LogP contribution in [-0.4, -0.2) is 16.6 Å². The predicted molar refractivity (Wildman–Crippen MR) is 118 cm³/mol. The Balaban J connectivity index is 1.84. The average Bonchev–Trinajstić information content (AvgIpc) is 3.03. The standard InChI is InChI=1S/C22H20ClN3OS/c1-4-27-16-10-8-15(9-11-16)19-14(3)28-22-20(19)21(24-12-25-22)26-18-7-5-6-17(23)13(18)2/h5-12H,4H2,1-3H3,(H,24,25,26). The number of halogens is 1. The highest BCUT2D eigenvalue weighted by Crippen LogP contribution is 2.41. The number of fused-ring (bicyclic) bond motifs is 1. The van der Waals surface area contributed by atoms with Gasteiger partial charge in [-0.25, -0.2) is 9.97 Å². The maximum Gasteiger partial charge on any atom is 0.143 e. The minimum atomic E-state index is 0.653. The lowest BCUT2D eigenvalue weighted by Gasteiger charge is -2.12. The first-order chi connectivity index (χ1) is 13.6. The summed E-state index contributed by atoms with van der Waals surface area (Å²) in [5.74, 6) is 1.65. The zero-order valence-electron chi connectivity index (χ0n) is 15.9. The second-order valence-corrected chi connectivity index (χ2v) is 8.04. The van der Waals surface area contributed by atoms with Crippen molar-refractivity contribution in [1.82, 2.24) is 9.97 Å². The molecule has 0 aliphatic rings. The van der Waals surface area contributed by atoms with Gasteiger partial charge in [0.05, 0.1) is 12.0 Å². The summed E-state index contributed by atoms with van der Waals surface area (Å²) in [6, 6.07) is 14.0. The molecule has 0 aliphatic carbocycles. The fourth-order valence-electron chi connectivity index (χ4n) is 3.24. The SMILES string of the molecule is CCOc1ccc(-c2c(C)sc3ncnc(Nc4cccc(Cl)c4C)c23)cc1. The van der Waals surface area contributed by atoms with E-state index in [1.807, 2.05) is 44.2 Å². The number of aryl methyl sites for hydroxylation is 1. The van der Waals surface area contributed by atoms with Gasteiger partial charge in [-0.3, -0.25) is 0 Å². The molecule has 28 heavy (non-hydrogen) atoms. The summed E-state index contributed by atoms with van der Waals surface area (Å²) in [6.07, 6.45) is 1.60. The van der Waals surface area contributed by atoms with E-state index in [-0.39, 0.29) is 0 Å². The van der Waals surface area contributed by atoms with Crippen LogP contribution in [0.1, 0.15) is 17.4 Å². The lowest BCUT2D eigenvalue weighted by atomic mass is 10.0. The molecule has 0 spiro atoms. The number of benzene rings is 2. The van der Waals surface area contributed by atoms with Crippen molar-refractivity contribution < 1.29 is 4.74 Å². The van der Waals surface area contributed by atoms with E-state index in [9.17, 15) is 0 Å². The third-order valence-electron chi connectivity index (χ3n) is 4.64. The first kappa shape index (κ1) is 18.7. The molecule has 0 unspecified atom stereocenters. The van der Waals surface area contributed by atoms with Gasteiger partial charge in [-0.2, -0.15) is 0 Å². The summed E-state index contributed by atoms with van der Waals surface area (Å²) in [7, 11) is 0. The fraction of sp³-hybridized carbons (Fsp3) is 0.182. The van der Waals surface area contributed by atoms with E-state index in [4.69, 9.17) is 16.3 Å². The van der Waals surface area contributed by atoms with Gasteiger partial charge >= 0.3 is 0 Å². The normalized spacial score (nSPS) is 11.0. The Morgan fingerprint density at radius 3 is 2.61 bits per heavy atom. The summed E-state index contributed by atoms with van der Waals surface area (Å²) in [4.78, 5) is 11.2. The van der Waals surface area contributed by atoms with Crippen LogP contribution in [0.4, 0.5) is 11.5 Å². The number of nitrogens with zero attached hydrogens (tertiary/aromatic N) is 2. The van der Waals surface area contributed by atoms with Crippen molar-refractivity contribution in [1.29, 1.82) is 0 Å². The van der Waals surface area contributed by atoms with Crippen LogP contribution in [0.15, 0.2) is 48.8 Å². The highest BCUT2D eigenvalue weighted by Gasteiger charge is 2.17. The molecule has 0 saturated carbocycles. The molecule has 0 atom stereocenters. The maximum atomic E-state index is 6.29. The van der Waals surface area contributed by atoms with Gasteiger partial charge in [0.25, 0.3) is 0 Å². The van der Waals surface area contributed by atoms with E-state index in [2.05, 4.69) is 34.3 Å². The van der Waals surface area contributed by atoms with Gasteiger partial charge in [-0.1, -0.05) is 29.8 Å². The van der Waals surface area contributed by atoms with E-state index < -0.39 is 0 Å². The first-order valence-electron chi connectivity index (χ1n) is 9.08. The number of nitrogens with one attached hydrogen (secondary N) is 1. The lowest BCUT2D eigenvalue weighted by molar-refractivity contribution is 0.340. The molecule has 142 valence electrons. The van der Waals surface area contributed by atoms with Crippen LogP contribution in [0.25, 0.3) is 21.3 Å². The molecule has 4 aromatic rings. The summed E-state index contributed by atoms with van der Waals surface area (Å²) >= 11 is 7.96. The molecule has 2 aromatic heterocycles. The minimum absolute atomic E-state index is 0.653. The second kappa shape index (κ2) is 7.78. The predicted octanol–water partition coefficient (Wildman–Crippen LogP) is 6.77. The second-order valence-electron chi connectivity index (χ2n) is 6.43. The smallest absolute Gasteiger partial charge is 0.143 e. The molecule has 0 aliphatic heterocycles. The van der Waals surface area contributed by atoms with Gasteiger partial charge in [0, 0.05) is 21.2 Å². The van der Waals surface area contributed by atoms with Gasteiger partial charge in [0.2, 0.25) is 0 Å². The summed E-state index contributed by atoms with van der Waals surface area (Å²) in [5, 5.41) is 5.20. The molecule has 1 N–H and O–H groups in total. The monoisotopic (exact) mass is 409 g/mol. The first-order valence-corrected chi connectivity index (χ1v) is 10.3. The molecule has 0 radical (unpaired) electrons. The van der Waals surface area contributed by atoms with E-state index in [1.165, 1.54) is 4.88 Å². The van der Waals surface area contributed by atoms with E-state index in [0.717, 1.165) is 49.2 Å². The third-order valence-corrected chi connectivity index (χ3v) is 6.06. The van der Waals surface area contributed by atoms with Crippen LogP contribution in [0.2, 0.25) is 5.02 Å². The van der Waals surface area contributed by atoms with Crippen LogP contribution >= 0.6 is 22.9 Å². The molecule has 4 nitrogen and oxygen atoms in total. The molecule has 2 aromatic carbocycles. The Morgan fingerprint density at radius 1 is 1.07 bits per heavy atom. The molecule has 0 bridgehead atoms. The quantitative estimate of drug-likeness (QED) is 0.395. The molecule has 4 rings (SSSR count). The topological polar surface area (TPSA) is 47.0 Å². The van der Waals surface area contributed by atoms with Crippen LogP contribution in [-0.2, 0) is 0 Å². The number of rotatable bonds is 5. The van der Waals surface area contributed by atoms with Crippen molar-refractivity contribution in [3.63, 3.8) is 0 Å². The minimum Gasteiger partial charge on any atom is -0.494 e. The fourth-order valence-corrected chi connectivity index (χ4v) is 4.43. The number of anilines is 2. The van der Waals surface area contributed by atoms with Gasteiger partial charge in [0.1, 0.15) is 22.7 Å². The van der Waals surface area contributed by atoms with Crippen molar-refractivity contribution in [2.45, 2.75) is 20.8 Å². The lowest BCUT2D eigenvalue weighted by Crippen LogP contribution is -1.98. The Bertz CT molecular complexity index is 1140. The molecule has 6 heteroatoms. The summed E-state index contributed by atoms with van der Waals surface area (Å²) < 4.78 is 5.58. The highest BCUT2D eigenvalue weighted by molar-refractivity contribution is 7.19. The van der Waals surface area contributed by atoms with Crippen molar-refractivity contribution in [3.05, 3.63) is 64.3 Å². The van der Waals surface area contributed by atoms with Gasteiger partial charge in [-0.05, 0) is 56.2 Å². The highest BCUT2D eigenvalue weighted by atomic mass is 35.5. The Kier molecular flexibility index (Phi) is 5.20. The zero-order chi connectivity index (χ0) is 19.7. The van der Waals surface area contributed by atoms with E-state index in [0.29, 0.717) is 6.61 Å². The van der Waals surface area contributed by atoms with Crippen molar-refractivity contribution in [3.8, 4) is 16.9 Å². The van der Waals surface area contributed by atoms with Crippen molar-refractivity contribution in [2.75, 3.05) is 11.9 Å². The molecular weight excluding hydrogens is 390 g/mol. The number of thiophene rings is 1. The molecular formula is C22H20ClN3OS. The number of ether oxygens (including phenoxy) is 1. The largest absolute Gasteiger partial charge is 0.494 e. The van der Waals surface area contributed by atoms with Gasteiger partial charge in [0.15, 0.2) is 0 Å². The molecule has 0 amide bonds. The Labute approximate surface area is 173 Å². The number of hydrogen-bond acceptors (Lipinski definition) is 5. The van der Waals surface area contributed by atoms with E-state index >= 15 is 0 Å². The van der Waals surface area contributed by atoms with Gasteiger partial charge in [-0.15, -0.1) is 11.3 Å². The van der Waals surface area contributed by atoms with Gasteiger partial charge < -0.3 is 10.1 Å². The maximum absolute atomic E-state index is 6.29. The van der Waals surface area contributed by atoms with Crippen molar-refractivity contribution in [2.24, 2.45) is 0 Å². The molecule has 0 saturated heterocycles. The van der Waals surface area contributed by atoms with Crippen LogP contribution in [0.5, 0.6) is 5.75 Å². The van der Waals surface area contributed by atoms with Crippen LogP contribution in [0, 0.1) is 13.8 Å². The molecule has 2 heterocycles. The summed E-state index contributed by atoms with van der Waals surface area (Å²) in [5.41, 5.74) is 4.19. The van der Waals surface area contributed by atoms with E-state index in [1.54, 1.807) is 17.7 Å². The van der Waals surface area contributed by atoms with Crippen molar-refractivity contribution >= 4 is 44.7 Å². The molecule has 0 fully saturated rings. The van der Waals surface area contributed by atoms with Crippen LogP contribution < -0.4 is 10.1 Å². The average molecular weight is 410 g/mol. The Hall–Kier alpha value is -2.63. The zero-order valence-corrected chi connectivity index (χ0v) is 17.5. The summed E-state index contributed by atoms with van der Waals surface area (Å²) in [6.45, 7) is 6.75.